The maximum Gasteiger partial charge on any atom is 0.0609 e. The van der Waals surface area contributed by atoms with Crippen LogP contribution in [-0.2, 0) is 4.74 Å². The SMILES string of the molecule is COC1CC=C(C2=CCC(CO)S2)CC1. The molecule has 0 radical (unpaired) electrons. The molecule has 1 aliphatic heterocycles. The summed E-state index contributed by atoms with van der Waals surface area (Å²) in [6.07, 6.45) is 9.28. The van der Waals surface area contributed by atoms with Gasteiger partial charge in [0.05, 0.1) is 12.7 Å². The Kier molecular flexibility index (Phi) is 3.89. The van der Waals surface area contributed by atoms with Gasteiger partial charge in [-0.25, -0.2) is 0 Å². The highest BCUT2D eigenvalue weighted by atomic mass is 32.2. The summed E-state index contributed by atoms with van der Waals surface area (Å²) in [5, 5.41) is 9.46. The van der Waals surface area contributed by atoms with Crippen LogP contribution in [-0.4, -0.2) is 30.2 Å². The molecular formula is C12H18O2S. The van der Waals surface area contributed by atoms with E-state index in [9.17, 15) is 0 Å². The fraction of sp³-hybridized carbons (Fsp3) is 0.667. The van der Waals surface area contributed by atoms with Crippen LogP contribution in [0.3, 0.4) is 0 Å². The average Bonchev–Trinajstić information content (AvgIpc) is 2.78. The topological polar surface area (TPSA) is 29.5 Å². The van der Waals surface area contributed by atoms with Gasteiger partial charge in [0.1, 0.15) is 0 Å². The number of methoxy groups -OCH3 is 1. The number of thioether (sulfide) groups is 1. The molecule has 0 fully saturated rings. The zero-order valence-electron chi connectivity index (χ0n) is 9.11. The molecule has 0 aromatic carbocycles. The van der Waals surface area contributed by atoms with E-state index in [1.54, 1.807) is 7.11 Å². The molecule has 0 amide bonds. The highest BCUT2D eigenvalue weighted by molar-refractivity contribution is 8.04. The van der Waals surface area contributed by atoms with E-state index >= 15 is 0 Å². The van der Waals surface area contributed by atoms with Crippen molar-refractivity contribution < 1.29 is 9.84 Å². The molecule has 1 N–H and O–H groups in total. The standard InChI is InChI=1S/C12H18O2S/c1-14-10-4-2-9(3-5-10)12-7-6-11(8-13)15-12/h2,7,10-11,13H,3-6,8H2,1H3. The van der Waals surface area contributed by atoms with E-state index in [4.69, 9.17) is 9.84 Å². The molecule has 2 aliphatic rings. The van der Waals surface area contributed by atoms with E-state index in [-0.39, 0.29) is 0 Å². The Bertz CT molecular complexity index is 283. The lowest BCUT2D eigenvalue weighted by Gasteiger charge is -2.21. The Labute approximate surface area is 95.4 Å². The molecule has 0 spiro atoms. The number of allylic oxidation sites excluding steroid dienone is 2. The first kappa shape index (κ1) is 11.2. The minimum absolute atomic E-state index is 0.290. The number of rotatable bonds is 3. The minimum atomic E-state index is 0.290. The fourth-order valence-corrected chi connectivity index (χ4v) is 3.24. The Morgan fingerprint density at radius 3 is 2.87 bits per heavy atom. The van der Waals surface area contributed by atoms with Crippen LogP contribution in [0.15, 0.2) is 22.6 Å². The van der Waals surface area contributed by atoms with Crippen LogP contribution in [0, 0.1) is 0 Å². The summed E-state index contributed by atoms with van der Waals surface area (Å²) in [6, 6.07) is 0. The van der Waals surface area contributed by atoms with Crippen LogP contribution in [0.25, 0.3) is 0 Å². The molecule has 15 heavy (non-hydrogen) atoms. The third kappa shape index (κ3) is 2.65. The monoisotopic (exact) mass is 226 g/mol. The number of aliphatic hydroxyl groups excluding tert-OH is 1. The third-order valence-electron chi connectivity index (χ3n) is 3.08. The molecule has 1 aliphatic carbocycles. The molecule has 1 heterocycles. The van der Waals surface area contributed by atoms with Crippen molar-refractivity contribution in [2.45, 2.75) is 37.0 Å². The van der Waals surface area contributed by atoms with Crippen molar-refractivity contribution >= 4 is 11.8 Å². The largest absolute Gasteiger partial charge is 0.395 e. The van der Waals surface area contributed by atoms with Gasteiger partial charge < -0.3 is 9.84 Å². The number of ether oxygens (including phenoxy) is 1. The fourth-order valence-electron chi connectivity index (χ4n) is 2.08. The second-order valence-corrected chi connectivity index (χ2v) is 5.43. The van der Waals surface area contributed by atoms with Gasteiger partial charge in [0.25, 0.3) is 0 Å². The maximum absolute atomic E-state index is 9.07. The Morgan fingerprint density at radius 2 is 2.33 bits per heavy atom. The molecule has 0 saturated heterocycles. The number of hydrogen-bond acceptors (Lipinski definition) is 3. The molecule has 0 aromatic rings. The summed E-state index contributed by atoms with van der Waals surface area (Å²) >= 11 is 1.83. The van der Waals surface area contributed by atoms with Gasteiger partial charge >= 0.3 is 0 Å². The van der Waals surface area contributed by atoms with Crippen LogP contribution in [0.5, 0.6) is 0 Å². The summed E-state index contributed by atoms with van der Waals surface area (Å²) in [5.41, 5.74) is 1.46. The van der Waals surface area contributed by atoms with E-state index in [0.29, 0.717) is 18.0 Å². The van der Waals surface area contributed by atoms with Crippen molar-refractivity contribution in [1.82, 2.24) is 0 Å². The van der Waals surface area contributed by atoms with E-state index < -0.39 is 0 Å². The lowest BCUT2D eigenvalue weighted by Crippen LogP contribution is -2.13. The van der Waals surface area contributed by atoms with Crippen LogP contribution >= 0.6 is 11.8 Å². The van der Waals surface area contributed by atoms with Gasteiger partial charge in [-0.2, -0.15) is 0 Å². The first-order chi connectivity index (χ1) is 7.33. The number of hydrogen-bond donors (Lipinski definition) is 1. The van der Waals surface area contributed by atoms with Gasteiger partial charge in [-0.3, -0.25) is 0 Å². The molecule has 0 saturated carbocycles. The molecule has 84 valence electrons. The van der Waals surface area contributed by atoms with E-state index in [0.717, 1.165) is 25.7 Å². The van der Waals surface area contributed by atoms with Crippen molar-refractivity contribution in [1.29, 1.82) is 0 Å². The zero-order chi connectivity index (χ0) is 10.7. The minimum Gasteiger partial charge on any atom is -0.395 e. The van der Waals surface area contributed by atoms with Gasteiger partial charge in [-0.15, -0.1) is 11.8 Å². The molecule has 0 bridgehead atoms. The van der Waals surface area contributed by atoms with Gasteiger partial charge in [0.2, 0.25) is 0 Å². The first-order valence-electron chi connectivity index (χ1n) is 5.53. The Balaban J connectivity index is 1.93. The number of aliphatic hydroxyl groups is 1. The normalized spacial score (nSPS) is 31.3. The van der Waals surface area contributed by atoms with Crippen molar-refractivity contribution in [3.63, 3.8) is 0 Å². The highest BCUT2D eigenvalue weighted by Crippen LogP contribution is 2.40. The first-order valence-corrected chi connectivity index (χ1v) is 6.41. The van der Waals surface area contributed by atoms with Gasteiger partial charge in [-0.05, 0) is 31.3 Å². The Morgan fingerprint density at radius 1 is 1.47 bits per heavy atom. The predicted molar refractivity (Wildman–Crippen MR) is 63.9 cm³/mol. The lowest BCUT2D eigenvalue weighted by atomic mass is 9.96. The average molecular weight is 226 g/mol. The van der Waals surface area contributed by atoms with Crippen molar-refractivity contribution in [3.05, 3.63) is 22.6 Å². The van der Waals surface area contributed by atoms with Crippen LogP contribution in [0.4, 0.5) is 0 Å². The summed E-state index contributed by atoms with van der Waals surface area (Å²) in [4.78, 5) is 1.39. The second kappa shape index (κ2) is 5.19. The maximum atomic E-state index is 9.07. The van der Waals surface area contributed by atoms with Crippen molar-refractivity contribution in [3.8, 4) is 0 Å². The van der Waals surface area contributed by atoms with Crippen LogP contribution in [0.1, 0.15) is 25.7 Å². The molecule has 2 rings (SSSR count). The molecular weight excluding hydrogens is 208 g/mol. The molecule has 2 nitrogen and oxygen atoms in total. The quantitative estimate of drug-likeness (QED) is 0.801. The second-order valence-electron chi connectivity index (χ2n) is 4.09. The summed E-state index contributed by atoms with van der Waals surface area (Å²) in [6.45, 7) is 0.290. The van der Waals surface area contributed by atoms with Gasteiger partial charge in [-0.1, -0.05) is 12.2 Å². The lowest BCUT2D eigenvalue weighted by molar-refractivity contribution is 0.0944. The summed E-state index contributed by atoms with van der Waals surface area (Å²) < 4.78 is 5.33. The van der Waals surface area contributed by atoms with Gasteiger partial charge in [0, 0.05) is 17.3 Å². The zero-order valence-corrected chi connectivity index (χ0v) is 9.93. The van der Waals surface area contributed by atoms with Crippen LogP contribution in [0.2, 0.25) is 0 Å². The predicted octanol–water partition coefficient (Wildman–Crippen LogP) is 2.49. The molecule has 0 aromatic heterocycles. The molecule has 3 heteroatoms. The van der Waals surface area contributed by atoms with Crippen molar-refractivity contribution in [2.75, 3.05) is 13.7 Å². The molecule has 2 unspecified atom stereocenters. The van der Waals surface area contributed by atoms with Crippen LogP contribution < -0.4 is 0 Å². The summed E-state index contributed by atoms with van der Waals surface area (Å²) in [7, 11) is 1.79. The van der Waals surface area contributed by atoms with E-state index in [1.165, 1.54) is 10.5 Å². The van der Waals surface area contributed by atoms with E-state index in [2.05, 4.69) is 12.2 Å². The van der Waals surface area contributed by atoms with Gasteiger partial charge in [0.15, 0.2) is 0 Å². The summed E-state index contributed by atoms with van der Waals surface area (Å²) in [5.74, 6) is 0. The Hall–Kier alpha value is -0.250. The highest BCUT2D eigenvalue weighted by Gasteiger charge is 2.22. The third-order valence-corrected chi connectivity index (χ3v) is 4.43. The van der Waals surface area contributed by atoms with Crippen molar-refractivity contribution in [2.24, 2.45) is 0 Å². The molecule has 2 atom stereocenters. The smallest absolute Gasteiger partial charge is 0.0609 e. The van der Waals surface area contributed by atoms with E-state index in [1.807, 2.05) is 11.8 Å².